The monoisotopic (exact) mass is 448 g/mol. The van der Waals surface area contributed by atoms with Crippen molar-refractivity contribution in [3.8, 4) is 11.1 Å². The van der Waals surface area contributed by atoms with Gasteiger partial charge >= 0.3 is 6.18 Å². The van der Waals surface area contributed by atoms with Crippen LogP contribution in [0.3, 0.4) is 0 Å². The van der Waals surface area contributed by atoms with Gasteiger partial charge in [-0.3, -0.25) is 4.79 Å². The molecular formula is C21H13ClF4N4O. The minimum Gasteiger partial charge on any atom is -0.330 e. The normalized spacial score (nSPS) is 11.6. The van der Waals surface area contributed by atoms with Gasteiger partial charge in [-0.2, -0.15) is 13.2 Å². The molecule has 0 aliphatic rings. The predicted octanol–water partition coefficient (Wildman–Crippen LogP) is 5.62. The Labute approximate surface area is 178 Å². The highest BCUT2D eigenvalue weighted by Crippen LogP contribution is 2.30. The zero-order valence-electron chi connectivity index (χ0n) is 15.6. The van der Waals surface area contributed by atoms with Crippen LogP contribution in [-0.4, -0.2) is 20.9 Å². The summed E-state index contributed by atoms with van der Waals surface area (Å²) in [4.78, 5) is 23.0. The molecule has 0 saturated heterocycles. The molecule has 0 aliphatic carbocycles. The number of carbonyl (C=O) groups excluding carboxylic acids is 1. The molecule has 0 saturated carbocycles. The number of nitrogens with one attached hydrogen (secondary N) is 2. The van der Waals surface area contributed by atoms with Gasteiger partial charge in [0.2, 0.25) is 5.91 Å². The number of fused-ring (bicyclic) bond motifs is 1. The molecule has 5 nitrogen and oxygen atoms in total. The van der Waals surface area contributed by atoms with Crippen LogP contribution in [0.25, 0.3) is 22.2 Å². The highest BCUT2D eigenvalue weighted by molar-refractivity contribution is 6.30. The molecule has 31 heavy (non-hydrogen) atoms. The van der Waals surface area contributed by atoms with E-state index < -0.39 is 23.5 Å². The van der Waals surface area contributed by atoms with Gasteiger partial charge in [0.15, 0.2) is 0 Å². The van der Waals surface area contributed by atoms with Gasteiger partial charge in [0.1, 0.15) is 22.4 Å². The number of carbonyl (C=O) groups is 1. The van der Waals surface area contributed by atoms with E-state index in [1.165, 1.54) is 12.1 Å². The third-order valence-corrected chi connectivity index (χ3v) is 4.73. The van der Waals surface area contributed by atoms with Crippen LogP contribution in [0.4, 0.5) is 23.4 Å². The van der Waals surface area contributed by atoms with E-state index in [1.54, 1.807) is 24.4 Å². The second-order valence-corrected chi connectivity index (χ2v) is 7.14. The van der Waals surface area contributed by atoms with E-state index in [0.29, 0.717) is 28.0 Å². The van der Waals surface area contributed by atoms with E-state index in [-0.39, 0.29) is 17.8 Å². The van der Waals surface area contributed by atoms with Crippen LogP contribution in [0, 0.1) is 5.82 Å². The third-order valence-electron chi connectivity index (χ3n) is 4.53. The number of nitrogens with zero attached hydrogens (tertiary/aromatic N) is 2. The third kappa shape index (κ3) is 4.66. The summed E-state index contributed by atoms with van der Waals surface area (Å²) in [6.45, 7) is 0. The molecule has 0 atom stereocenters. The lowest BCUT2D eigenvalue weighted by molar-refractivity contribution is -0.137. The predicted molar refractivity (Wildman–Crippen MR) is 108 cm³/mol. The number of amides is 1. The molecule has 2 N–H and O–H groups in total. The number of rotatable bonds is 4. The van der Waals surface area contributed by atoms with Gasteiger partial charge in [0.05, 0.1) is 12.0 Å². The van der Waals surface area contributed by atoms with Crippen LogP contribution in [0.2, 0.25) is 5.15 Å². The van der Waals surface area contributed by atoms with E-state index in [2.05, 4.69) is 20.3 Å². The van der Waals surface area contributed by atoms with Gasteiger partial charge in [-0.05, 0) is 41.5 Å². The highest BCUT2D eigenvalue weighted by Gasteiger charge is 2.30. The largest absolute Gasteiger partial charge is 0.416 e. The average Bonchev–Trinajstić information content (AvgIpc) is 3.08. The smallest absolute Gasteiger partial charge is 0.330 e. The van der Waals surface area contributed by atoms with E-state index in [9.17, 15) is 22.4 Å². The molecule has 10 heteroatoms. The van der Waals surface area contributed by atoms with Crippen molar-refractivity contribution in [2.24, 2.45) is 0 Å². The Morgan fingerprint density at radius 2 is 1.87 bits per heavy atom. The maximum Gasteiger partial charge on any atom is 0.416 e. The van der Waals surface area contributed by atoms with Gasteiger partial charge in [0, 0.05) is 23.3 Å². The van der Waals surface area contributed by atoms with Crippen molar-refractivity contribution in [3.63, 3.8) is 0 Å². The van der Waals surface area contributed by atoms with Crippen molar-refractivity contribution in [1.82, 2.24) is 15.0 Å². The zero-order valence-corrected chi connectivity index (χ0v) is 16.4. The summed E-state index contributed by atoms with van der Waals surface area (Å²) < 4.78 is 52.9. The summed E-state index contributed by atoms with van der Waals surface area (Å²) in [6, 6.07) is 9.34. The first-order valence-corrected chi connectivity index (χ1v) is 9.33. The zero-order chi connectivity index (χ0) is 22.2. The van der Waals surface area contributed by atoms with Gasteiger partial charge in [-0.25, -0.2) is 14.4 Å². The second-order valence-electron chi connectivity index (χ2n) is 6.74. The molecular weight excluding hydrogens is 436 g/mol. The summed E-state index contributed by atoms with van der Waals surface area (Å²) in [5.74, 6) is -1.58. The van der Waals surface area contributed by atoms with E-state index >= 15 is 0 Å². The first kappa shape index (κ1) is 20.8. The molecule has 1 aromatic carbocycles. The maximum absolute atomic E-state index is 14.6. The molecule has 0 spiro atoms. The number of halogens is 5. The van der Waals surface area contributed by atoms with Crippen LogP contribution >= 0.6 is 11.6 Å². The topological polar surface area (TPSA) is 70.7 Å². The number of pyridine rings is 2. The van der Waals surface area contributed by atoms with Crippen molar-refractivity contribution >= 4 is 34.4 Å². The summed E-state index contributed by atoms with van der Waals surface area (Å²) in [5.41, 5.74) is 0.958. The fourth-order valence-corrected chi connectivity index (χ4v) is 3.25. The van der Waals surface area contributed by atoms with E-state index in [1.807, 2.05) is 0 Å². The minimum atomic E-state index is -4.56. The molecule has 1 amide bonds. The number of hydrogen-bond donors (Lipinski definition) is 2. The molecule has 0 unspecified atom stereocenters. The first-order chi connectivity index (χ1) is 14.7. The Hall–Kier alpha value is -3.46. The molecule has 4 aromatic rings. The summed E-state index contributed by atoms with van der Waals surface area (Å²) in [6.07, 6.45) is -2.42. The number of aromatic nitrogens is 3. The molecule has 3 aromatic heterocycles. The second kappa shape index (κ2) is 7.99. The Balaban J connectivity index is 1.49. The average molecular weight is 449 g/mol. The molecule has 4 rings (SSSR count). The van der Waals surface area contributed by atoms with Gasteiger partial charge < -0.3 is 10.3 Å². The number of benzene rings is 1. The van der Waals surface area contributed by atoms with E-state index in [4.69, 9.17) is 11.6 Å². The van der Waals surface area contributed by atoms with Crippen LogP contribution in [0.15, 0.2) is 54.9 Å². The number of hydrogen-bond acceptors (Lipinski definition) is 3. The van der Waals surface area contributed by atoms with Crippen LogP contribution in [-0.2, 0) is 17.4 Å². The molecule has 0 fully saturated rings. The molecule has 0 radical (unpaired) electrons. The van der Waals surface area contributed by atoms with Crippen LogP contribution in [0.5, 0.6) is 0 Å². The highest BCUT2D eigenvalue weighted by atomic mass is 35.5. The number of aromatic amines is 1. The quantitative estimate of drug-likeness (QED) is 0.398. The lowest BCUT2D eigenvalue weighted by Gasteiger charge is -2.10. The van der Waals surface area contributed by atoms with Gasteiger partial charge in [0.25, 0.3) is 0 Å². The lowest BCUT2D eigenvalue weighted by Crippen LogP contribution is -2.17. The number of anilines is 1. The Morgan fingerprint density at radius 3 is 2.61 bits per heavy atom. The fraction of sp³-hybridized carbons (Fsp3) is 0.0952. The molecule has 3 heterocycles. The van der Waals surface area contributed by atoms with Crippen molar-refractivity contribution in [2.45, 2.75) is 12.6 Å². The van der Waals surface area contributed by atoms with Gasteiger partial charge in [-0.15, -0.1) is 0 Å². The Bertz CT molecular complexity index is 1290. The molecule has 0 bridgehead atoms. The molecule has 0 aliphatic heterocycles. The minimum absolute atomic E-state index is 0.0898. The summed E-state index contributed by atoms with van der Waals surface area (Å²) in [7, 11) is 0. The van der Waals surface area contributed by atoms with E-state index in [0.717, 1.165) is 17.6 Å². The van der Waals surface area contributed by atoms with Crippen molar-refractivity contribution in [1.29, 1.82) is 0 Å². The van der Waals surface area contributed by atoms with Crippen molar-refractivity contribution in [2.75, 3.05) is 5.32 Å². The Kier molecular flexibility index (Phi) is 5.36. The Morgan fingerprint density at radius 1 is 1.06 bits per heavy atom. The van der Waals surface area contributed by atoms with Crippen LogP contribution in [0.1, 0.15) is 11.1 Å². The molecule has 158 valence electrons. The fourth-order valence-electron chi connectivity index (χ4n) is 3.05. The van der Waals surface area contributed by atoms with Crippen molar-refractivity contribution in [3.05, 3.63) is 77.0 Å². The van der Waals surface area contributed by atoms with Gasteiger partial charge in [-0.1, -0.05) is 23.7 Å². The number of H-pyrrole nitrogens is 1. The lowest BCUT2D eigenvalue weighted by atomic mass is 10.0. The maximum atomic E-state index is 14.6. The SMILES string of the molecule is O=C(Cc1ccc(-c2cnc3[nH]c(Cl)cc3c2)cc1F)Nc1cc(C(F)(F)F)ccn1. The number of alkyl halides is 3. The summed E-state index contributed by atoms with van der Waals surface area (Å²) in [5, 5.41) is 3.45. The first-order valence-electron chi connectivity index (χ1n) is 8.95. The van der Waals surface area contributed by atoms with Crippen molar-refractivity contribution < 1.29 is 22.4 Å². The standard InChI is InChI=1S/C21H13ClF4N4O/c22-17-7-13-5-14(10-28-20(13)29-17)11-1-2-12(16(23)6-11)8-19(31)30-18-9-15(3-4-27-18)21(24,25)26/h1-7,9-10H,8H2,(H,28,29)(H,27,30,31). The summed E-state index contributed by atoms with van der Waals surface area (Å²) >= 11 is 5.91. The van der Waals surface area contributed by atoms with Crippen LogP contribution < -0.4 is 5.32 Å².